The number of rotatable bonds is 6. The fourth-order valence-electron chi connectivity index (χ4n) is 1.71. The molecule has 4 nitrogen and oxygen atoms in total. The van der Waals surface area contributed by atoms with Crippen LogP contribution < -0.4 is 10.1 Å². The lowest BCUT2D eigenvalue weighted by Crippen LogP contribution is -2.12. The van der Waals surface area contributed by atoms with E-state index in [2.05, 4.69) is 5.32 Å². The van der Waals surface area contributed by atoms with Gasteiger partial charge in [0.05, 0.1) is 11.3 Å². The van der Waals surface area contributed by atoms with Gasteiger partial charge in [0.2, 0.25) is 0 Å². The Bertz CT molecular complexity index is 649. The fourth-order valence-corrected chi connectivity index (χ4v) is 1.87. The predicted octanol–water partition coefficient (Wildman–Crippen LogP) is 3.67. The summed E-state index contributed by atoms with van der Waals surface area (Å²) in [4.78, 5) is 10.8. The van der Waals surface area contributed by atoms with Gasteiger partial charge in [-0.1, -0.05) is 17.7 Å². The number of carboxylic acid groups (broad SMARTS) is 1. The molecule has 2 aromatic carbocycles. The highest BCUT2D eigenvalue weighted by Gasteiger charge is 2.04. The van der Waals surface area contributed by atoms with Gasteiger partial charge in [0, 0.05) is 11.6 Å². The quantitative estimate of drug-likeness (QED) is 0.799. The summed E-state index contributed by atoms with van der Waals surface area (Å²) >= 11 is 5.66. The number of anilines is 1. The molecule has 0 atom stereocenters. The number of hydrogen-bond donors (Lipinski definition) is 2. The van der Waals surface area contributed by atoms with E-state index >= 15 is 0 Å². The average Bonchev–Trinajstić information content (AvgIpc) is 2.45. The van der Waals surface area contributed by atoms with Gasteiger partial charge in [-0.15, -0.1) is 0 Å². The lowest BCUT2D eigenvalue weighted by atomic mass is 10.2. The lowest BCUT2D eigenvalue weighted by Gasteiger charge is -2.10. The third-order valence-electron chi connectivity index (χ3n) is 2.70. The zero-order chi connectivity index (χ0) is 15.2. The molecule has 0 saturated carbocycles. The van der Waals surface area contributed by atoms with Crippen LogP contribution in [0.1, 0.15) is 10.4 Å². The topological polar surface area (TPSA) is 58.6 Å². The number of halogens is 2. The molecule has 0 unspecified atom stereocenters. The summed E-state index contributed by atoms with van der Waals surface area (Å²) in [5.74, 6) is -0.995. The first kappa shape index (κ1) is 15.1. The van der Waals surface area contributed by atoms with Crippen LogP contribution in [0, 0.1) is 5.82 Å². The van der Waals surface area contributed by atoms with Crippen molar-refractivity contribution < 1.29 is 19.0 Å². The summed E-state index contributed by atoms with van der Waals surface area (Å²) < 4.78 is 18.9. The highest BCUT2D eigenvalue weighted by Crippen LogP contribution is 2.18. The summed E-state index contributed by atoms with van der Waals surface area (Å²) in [7, 11) is 0. The van der Waals surface area contributed by atoms with Crippen molar-refractivity contribution in [2.75, 3.05) is 18.5 Å². The van der Waals surface area contributed by atoms with Gasteiger partial charge in [-0.05, 0) is 36.4 Å². The van der Waals surface area contributed by atoms with Crippen LogP contribution in [-0.4, -0.2) is 24.2 Å². The monoisotopic (exact) mass is 309 g/mol. The Balaban J connectivity index is 1.84. The van der Waals surface area contributed by atoms with Gasteiger partial charge in [0.1, 0.15) is 18.2 Å². The maximum absolute atomic E-state index is 13.5. The molecule has 0 saturated heterocycles. The second kappa shape index (κ2) is 6.95. The Kier molecular flexibility index (Phi) is 5.00. The van der Waals surface area contributed by atoms with Crippen molar-refractivity contribution in [3.8, 4) is 5.75 Å². The van der Waals surface area contributed by atoms with E-state index in [4.69, 9.17) is 21.4 Å². The molecule has 0 aliphatic rings. The van der Waals surface area contributed by atoms with E-state index in [1.165, 1.54) is 18.2 Å². The lowest BCUT2D eigenvalue weighted by molar-refractivity contribution is 0.0696. The van der Waals surface area contributed by atoms with Gasteiger partial charge in [-0.3, -0.25) is 0 Å². The molecule has 2 aromatic rings. The third-order valence-corrected chi connectivity index (χ3v) is 2.93. The largest absolute Gasteiger partial charge is 0.492 e. The second-order valence-electron chi connectivity index (χ2n) is 4.23. The predicted molar refractivity (Wildman–Crippen MR) is 78.8 cm³/mol. The zero-order valence-electron chi connectivity index (χ0n) is 11.0. The first-order valence-electron chi connectivity index (χ1n) is 6.21. The number of nitrogens with one attached hydrogen (secondary N) is 1. The van der Waals surface area contributed by atoms with E-state index in [1.54, 1.807) is 24.3 Å². The minimum atomic E-state index is -1.01. The maximum Gasteiger partial charge on any atom is 0.335 e. The molecule has 0 spiro atoms. The molecule has 0 bridgehead atoms. The zero-order valence-corrected chi connectivity index (χ0v) is 11.7. The van der Waals surface area contributed by atoms with Crippen molar-refractivity contribution in [3.63, 3.8) is 0 Å². The summed E-state index contributed by atoms with van der Waals surface area (Å²) in [6.07, 6.45) is 0. The number of carboxylic acids is 1. The van der Waals surface area contributed by atoms with Crippen molar-refractivity contribution >= 4 is 23.3 Å². The smallest absolute Gasteiger partial charge is 0.335 e. The van der Waals surface area contributed by atoms with Gasteiger partial charge in [0.25, 0.3) is 0 Å². The molecule has 0 aromatic heterocycles. The van der Waals surface area contributed by atoms with Crippen LogP contribution in [-0.2, 0) is 0 Å². The SMILES string of the molecule is O=C(O)c1cccc(OCCNc2ccc(Cl)cc2F)c1. The van der Waals surface area contributed by atoms with Crippen LogP contribution in [0.3, 0.4) is 0 Å². The van der Waals surface area contributed by atoms with Gasteiger partial charge in [0.15, 0.2) is 0 Å². The standard InChI is InChI=1S/C15H13ClFNO3/c16-11-4-5-14(13(17)9-11)18-6-7-21-12-3-1-2-10(8-12)15(19)20/h1-5,8-9,18H,6-7H2,(H,19,20). The van der Waals surface area contributed by atoms with Gasteiger partial charge in [-0.25, -0.2) is 9.18 Å². The van der Waals surface area contributed by atoms with Crippen molar-refractivity contribution in [1.29, 1.82) is 0 Å². The fraction of sp³-hybridized carbons (Fsp3) is 0.133. The van der Waals surface area contributed by atoms with E-state index in [1.807, 2.05) is 0 Å². The Morgan fingerprint density at radius 1 is 1.29 bits per heavy atom. The van der Waals surface area contributed by atoms with E-state index in [0.29, 0.717) is 23.0 Å². The first-order valence-corrected chi connectivity index (χ1v) is 6.59. The molecule has 0 aliphatic heterocycles. The highest BCUT2D eigenvalue weighted by molar-refractivity contribution is 6.30. The van der Waals surface area contributed by atoms with E-state index in [9.17, 15) is 9.18 Å². The van der Waals surface area contributed by atoms with Gasteiger partial charge < -0.3 is 15.2 Å². The highest BCUT2D eigenvalue weighted by atomic mass is 35.5. The average molecular weight is 310 g/mol. The van der Waals surface area contributed by atoms with Crippen LogP contribution >= 0.6 is 11.6 Å². The van der Waals surface area contributed by atoms with Crippen molar-refractivity contribution in [1.82, 2.24) is 0 Å². The molecule has 0 amide bonds. The van der Waals surface area contributed by atoms with E-state index in [0.717, 1.165) is 0 Å². The Morgan fingerprint density at radius 2 is 2.10 bits per heavy atom. The van der Waals surface area contributed by atoms with Gasteiger partial charge in [-0.2, -0.15) is 0 Å². The van der Waals surface area contributed by atoms with Crippen molar-refractivity contribution in [3.05, 3.63) is 58.9 Å². The molecular formula is C15H13ClFNO3. The van der Waals surface area contributed by atoms with E-state index in [-0.39, 0.29) is 12.2 Å². The molecule has 6 heteroatoms. The third kappa shape index (κ3) is 4.36. The summed E-state index contributed by atoms with van der Waals surface area (Å²) in [6, 6.07) is 10.5. The molecule has 2 rings (SSSR count). The number of hydrogen-bond acceptors (Lipinski definition) is 3. The van der Waals surface area contributed by atoms with Crippen LogP contribution in [0.15, 0.2) is 42.5 Å². The molecule has 21 heavy (non-hydrogen) atoms. The molecule has 0 radical (unpaired) electrons. The van der Waals surface area contributed by atoms with Crippen LogP contribution in [0.25, 0.3) is 0 Å². The summed E-state index contributed by atoms with van der Waals surface area (Å²) in [6.45, 7) is 0.640. The Labute approximate surface area is 126 Å². The molecule has 110 valence electrons. The molecule has 2 N–H and O–H groups in total. The molecule has 0 fully saturated rings. The number of aromatic carboxylic acids is 1. The maximum atomic E-state index is 13.5. The number of benzene rings is 2. The molecule has 0 heterocycles. The molecular weight excluding hydrogens is 297 g/mol. The normalized spacial score (nSPS) is 10.2. The first-order chi connectivity index (χ1) is 10.1. The minimum absolute atomic E-state index is 0.157. The van der Waals surface area contributed by atoms with Crippen molar-refractivity contribution in [2.45, 2.75) is 0 Å². The minimum Gasteiger partial charge on any atom is -0.492 e. The van der Waals surface area contributed by atoms with Crippen LogP contribution in [0.4, 0.5) is 10.1 Å². The number of carbonyl (C=O) groups is 1. The number of ether oxygens (including phenoxy) is 1. The van der Waals surface area contributed by atoms with E-state index < -0.39 is 11.8 Å². The second-order valence-corrected chi connectivity index (χ2v) is 4.67. The van der Waals surface area contributed by atoms with Crippen LogP contribution in [0.2, 0.25) is 5.02 Å². The Hall–Kier alpha value is -2.27. The van der Waals surface area contributed by atoms with Crippen molar-refractivity contribution in [2.24, 2.45) is 0 Å². The summed E-state index contributed by atoms with van der Waals surface area (Å²) in [5, 5.41) is 12.1. The summed E-state index contributed by atoms with van der Waals surface area (Å²) in [5.41, 5.74) is 0.492. The molecule has 0 aliphatic carbocycles. The van der Waals surface area contributed by atoms with Gasteiger partial charge >= 0.3 is 5.97 Å². The van der Waals surface area contributed by atoms with Crippen LogP contribution in [0.5, 0.6) is 5.75 Å². The Morgan fingerprint density at radius 3 is 2.81 bits per heavy atom.